The van der Waals surface area contributed by atoms with Gasteiger partial charge in [0.25, 0.3) is 13.4 Å². The van der Waals surface area contributed by atoms with E-state index in [1.165, 1.54) is 127 Å². The number of rotatable bonds is 6. The minimum atomic E-state index is -0.0164. The van der Waals surface area contributed by atoms with Crippen LogP contribution in [0.2, 0.25) is 0 Å². The fourth-order valence-corrected chi connectivity index (χ4v) is 13.1. The molecule has 2 saturated heterocycles. The van der Waals surface area contributed by atoms with E-state index in [1.807, 2.05) is 0 Å². The second-order valence-electron chi connectivity index (χ2n) is 19.8. The molecule has 0 aromatic heterocycles. The number of nitrogens with zero attached hydrogens (tertiary/aromatic N) is 6. The van der Waals surface area contributed by atoms with E-state index in [0.717, 1.165) is 37.6 Å². The maximum atomic E-state index is 2.65. The number of hydrogen-bond donors (Lipinski definition) is 0. The molecule has 0 spiro atoms. The minimum absolute atomic E-state index is 0.0164. The van der Waals surface area contributed by atoms with Crippen molar-refractivity contribution >= 4 is 126 Å². The Kier molecular flexibility index (Phi) is 8.95. The van der Waals surface area contributed by atoms with Crippen LogP contribution in [0.1, 0.15) is 25.7 Å². The molecule has 0 unspecified atom stereocenters. The number of benzene rings is 9. The SMILES string of the molecule is c1ccc(N2c3ccccc3B3c4cc5c(cc4N(c4ccccc4)c4cc(N6CCCC6)cc2c43)N(c2ccccc2)c2cc(N3CCCC3)cc3c2B5c2ccccc2N3c2ccccc2)cc1. The average molecular weight is 901 g/mol. The van der Waals surface area contributed by atoms with Crippen molar-refractivity contribution < 1.29 is 0 Å². The monoisotopic (exact) mass is 900 g/mol. The van der Waals surface area contributed by atoms with Gasteiger partial charge in [-0.25, -0.2) is 0 Å². The summed E-state index contributed by atoms with van der Waals surface area (Å²) in [6, 6.07) is 78.2. The highest BCUT2D eigenvalue weighted by atomic mass is 15.2. The van der Waals surface area contributed by atoms with Crippen LogP contribution in [-0.2, 0) is 0 Å². The molecule has 6 nitrogen and oxygen atoms in total. The van der Waals surface area contributed by atoms with Crippen LogP contribution >= 0.6 is 0 Å². The molecule has 0 aliphatic carbocycles. The van der Waals surface area contributed by atoms with Gasteiger partial charge < -0.3 is 29.4 Å². The molecule has 9 aromatic rings. The third-order valence-electron chi connectivity index (χ3n) is 16.0. The van der Waals surface area contributed by atoms with Crippen molar-refractivity contribution in [2.24, 2.45) is 0 Å². The Hall–Kier alpha value is -8.09. The second kappa shape index (κ2) is 15.7. The number of anilines is 14. The first-order chi connectivity index (χ1) is 34.8. The zero-order valence-electron chi connectivity index (χ0n) is 39.1. The standard InChI is InChI=1S/C62H50B2N6/c1-5-21-43(22-6-1)67-53-31-15-13-29-49(53)63-51-41-52-56(42-55(51)69(45-25-9-3-10-26-45)59-39-47(37-57(67)61(59)63)65-33-17-18-34-65)70(46-27-11-4-12-28-46)60-40-48(66-35-19-20-36-66)38-58-62(60)64(52)50-30-14-16-32-54(50)68(58)44-23-7-2-8-24-44/h1-16,21-32,37-42H,17-20,33-36H2. The third-order valence-corrected chi connectivity index (χ3v) is 16.0. The second-order valence-corrected chi connectivity index (χ2v) is 19.8. The molecule has 6 heterocycles. The van der Waals surface area contributed by atoms with Gasteiger partial charge in [-0.3, -0.25) is 0 Å². The van der Waals surface area contributed by atoms with Crippen molar-refractivity contribution in [3.05, 3.63) is 206 Å². The molecule has 0 saturated carbocycles. The molecule has 0 atom stereocenters. The lowest BCUT2D eigenvalue weighted by molar-refractivity contribution is 0.949. The summed E-state index contributed by atoms with van der Waals surface area (Å²) in [6.07, 6.45) is 4.85. The molecule has 6 aliphatic rings. The summed E-state index contributed by atoms with van der Waals surface area (Å²) in [7, 11) is 0. The van der Waals surface area contributed by atoms with Gasteiger partial charge in [0.2, 0.25) is 0 Å². The van der Waals surface area contributed by atoms with E-state index in [9.17, 15) is 0 Å². The molecular weight excluding hydrogens is 850 g/mol. The molecule has 0 N–H and O–H groups in total. The van der Waals surface area contributed by atoms with E-state index in [4.69, 9.17) is 0 Å². The highest BCUT2D eigenvalue weighted by Crippen LogP contribution is 2.50. The summed E-state index contributed by atoms with van der Waals surface area (Å²) in [5.74, 6) is 0. The molecule has 0 radical (unpaired) electrons. The van der Waals surface area contributed by atoms with Gasteiger partial charge in [-0.15, -0.1) is 0 Å². The zero-order valence-corrected chi connectivity index (χ0v) is 39.1. The lowest BCUT2D eigenvalue weighted by Crippen LogP contribution is -2.65. The number of para-hydroxylation sites is 6. The largest absolute Gasteiger partial charge is 0.371 e. The maximum Gasteiger partial charge on any atom is 0.252 e. The molecule has 8 heteroatoms. The Balaban J connectivity index is 1.06. The number of hydrogen-bond acceptors (Lipinski definition) is 6. The molecule has 9 aromatic carbocycles. The molecule has 334 valence electrons. The molecule has 2 fully saturated rings. The molecular formula is C62H50B2N6. The third kappa shape index (κ3) is 5.89. The van der Waals surface area contributed by atoms with Crippen LogP contribution in [-0.4, -0.2) is 39.6 Å². The highest BCUT2D eigenvalue weighted by Gasteiger charge is 2.48. The van der Waals surface area contributed by atoms with Crippen LogP contribution in [0.4, 0.5) is 79.6 Å². The van der Waals surface area contributed by atoms with Crippen molar-refractivity contribution in [1.29, 1.82) is 0 Å². The lowest BCUT2D eigenvalue weighted by atomic mass is 9.30. The fraction of sp³-hybridized carbons (Fsp3) is 0.129. The van der Waals surface area contributed by atoms with Crippen LogP contribution in [0.5, 0.6) is 0 Å². The zero-order chi connectivity index (χ0) is 45.9. The smallest absolute Gasteiger partial charge is 0.252 e. The van der Waals surface area contributed by atoms with Crippen LogP contribution in [0.3, 0.4) is 0 Å². The van der Waals surface area contributed by atoms with Gasteiger partial charge >= 0.3 is 0 Å². The Labute approximate surface area is 411 Å². The van der Waals surface area contributed by atoms with E-state index in [1.54, 1.807) is 0 Å². The van der Waals surface area contributed by atoms with Crippen LogP contribution < -0.4 is 62.2 Å². The van der Waals surface area contributed by atoms with E-state index in [2.05, 4.69) is 236 Å². The van der Waals surface area contributed by atoms with E-state index < -0.39 is 0 Å². The Morgan fingerprint density at radius 2 is 0.543 bits per heavy atom. The first-order valence-corrected chi connectivity index (χ1v) is 25.4. The summed E-state index contributed by atoms with van der Waals surface area (Å²) >= 11 is 0. The van der Waals surface area contributed by atoms with Gasteiger partial charge in [0.05, 0.1) is 0 Å². The van der Waals surface area contributed by atoms with Crippen molar-refractivity contribution in [2.45, 2.75) is 25.7 Å². The van der Waals surface area contributed by atoms with E-state index in [-0.39, 0.29) is 13.4 Å². The van der Waals surface area contributed by atoms with Crippen molar-refractivity contribution in [2.75, 3.05) is 55.6 Å². The Bertz CT molecular complexity index is 3270. The first kappa shape index (κ1) is 39.9. The molecule has 70 heavy (non-hydrogen) atoms. The van der Waals surface area contributed by atoms with Crippen LogP contribution in [0, 0.1) is 0 Å². The first-order valence-electron chi connectivity index (χ1n) is 25.4. The topological polar surface area (TPSA) is 19.4 Å². The fourth-order valence-electron chi connectivity index (χ4n) is 13.1. The predicted molar refractivity (Wildman–Crippen MR) is 297 cm³/mol. The minimum Gasteiger partial charge on any atom is -0.371 e. The maximum absolute atomic E-state index is 2.65. The summed E-state index contributed by atoms with van der Waals surface area (Å²) in [4.78, 5) is 15.5. The molecule has 0 bridgehead atoms. The summed E-state index contributed by atoms with van der Waals surface area (Å²) in [6.45, 7) is 4.23. The predicted octanol–water partition coefficient (Wildman–Crippen LogP) is 11.1. The van der Waals surface area contributed by atoms with Crippen LogP contribution in [0.15, 0.2) is 206 Å². The normalized spacial score (nSPS) is 15.9. The van der Waals surface area contributed by atoms with Crippen molar-refractivity contribution in [3.63, 3.8) is 0 Å². The van der Waals surface area contributed by atoms with Gasteiger partial charge in [-0.05, 0) is 149 Å². The van der Waals surface area contributed by atoms with Gasteiger partial charge in [-0.2, -0.15) is 0 Å². The summed E-state index contributed by atoms with van der Waals surface area (Å²) < 4.78 is 0. The van der Waals surface area contributed by atoms with Gasteiger partial charge in [0, 0.05) is 106 Å². The summed E-state index contributed by atoms with van der Waals surface area (Å²) in [5.41, 5.74) is 25.2. The quantitative estimate of drug-likeness (QED) is 0.154. The number of fused-ring (bicyclic) bond motifs is 8. The van der Waals surface area contributed by atoms with Gasteiger partial charge in [-0.1, -0.05) is 115 Å². The van der Waals surface area contributed by atoms with E-state index in [0.29, 0.717) is 0 Å². The lowest BCUT2D eigenvalue weighted by Gasteiger charge is -2.47. The molecule has 15 rings (SSSR count). The van der Waals surface area contributed by atoms with Crippen molar-refractivity contribution in [1.82, 2.24) is 0 Å². The molecule has 6 aliphatic heterocycles. The Morgan fingerprint density at radius 1 is 0.243 bits per heavy atom. The summed E-state index contributed by atoms with van der Waals surface area (Å²) in [5, 5.41) is 0. The average Bonchev–Trinajstić information content (AvgIpc) is 4.18. The van der Waals surface area contributed by atoms with Crippen LogP contribution in [0.25, 0.3) is 0 Å². The Morgan fingerprint density at radius 3 is 0.886 bits per heavy atom. The van der Waals surface area contributed by atoms with E-state index >= 15 is 0 Å². The highest BCUT2D eigenvalue weighted by molar-refractivity contribution is 7.03. The van der Waals surface area contributed by atoms with Crippen molar-refractivity contribution in [3.8, 4) is 0 Å². The van der Waals surface area contributed by atoms with Gasteiger partial charge in [0.15, 0.2) is 0 Å². The molecule has 0 amide bonds. The van der Waals surface area contributed by atoms with Gasteiger partial charge in [0.1, 0.15) is 0 Å².